The fourth-order valence-corrected chi connectivity index (χ4v) is 1.35. The van der Waals surface area contributed by atoms with Gasteiger partial charge in [0.2, 0.25) is 0 Å². The molecule has 0 aromatic heterocycles. The van der Waals surface area contributed by atoms with Crippen molar-refractivity contribution in [2.75, 3.05) is 13.2 Å². The van der Waals surface area contributed by atoms with Gasteiger partial charge in [0, 0.05) is 6.61 Å². The first-order valence-corrected chi connectivity index (χ1v) is 5.56. The number of aliphatic hydroxyl groups excluding tert-OH is 1. The minimum atomic E-state index is -0.411. The Morgan fingerprint density at radius 1 is 1.35 bits per heavy atom. The highest BCUT2D eigenvalue weighted by molar-refractivity contribution is 5.89. The van der Waals surface area contributed by atoms with E-state index < -0.39 is 5.97 Å². The number of ether oxygens (including phenoxy) is 1. The molecule has 0 radical (unpaired) electrons. The number of unbranched alkanes of at least 4 members (excludes halogenated alkanes) is 2. The normalized spacial score (nSPS) is 9.65. The molecule has 0 amide bonds. The quantitative estimate of drug-likeness (QED) is 0.601. The fraction of sp³-hybridized carbons (Fsp3) is 0.385. The smallest absolute Gasteiger partial charge is 0.338 e. The maximum Gasteiger partial charge on any atom is 0.338 e. The molecule has 0 spiro atoms. The first-order valence-electron chi connectivity index (χ1n) is 5.56. The van der Waals surface area contributed by atoms with Crippen LogP contribution in [0.5, 0.6) is 0 Å². The molecule has 1 aromatic carbocycles. The number of hydrogen-bond donors (Lipinski definition) is 1. The zero-order valence-corrected chi connectivity index (χ0v) is 9.56. The van der Waals surface area contributed by atoms with E-state index in [9.17, 15) is 4.79 Å². The van der Waals surface area contributed by atoms with Crippen LogP contribution < -0.4 is 0 Å². The Bertz CT molecular complexity index is 409. The van der Waals surface area contributed by atoms with Crippen molar-refractivity contribution in [3.05, 3.63) is 35.4 Å². The average molecular weight is 233 g/mol. The molecule has 0 atom stereocenters. The predicted molar refractivity (Wildman–Crippen MR) is 62.4 cm³/mol. The number of carbonyl (C=O) groups excluding carboxylic acids is 1. The van der Waals surface area contributed by atoms with Gasteiger partial charge < -0.3 is 9.84 Å². The van der Waals surface area contributed by atoms with E-state index in [0.29, 0.717) is 17.7 Å². The third kappa shape index (κ3) is 4.66. The summed E-state index contributed by atoms with van der Waals surface area (Å²) in [5.41, 5.74) is 0.839. The molecular weight excluding hydrogens is 218 g/mol. The summed E-state index contributed by atoms with van der Waals surface area (Å²) in [7, 11) is 0. The van der Waals surface area contributed by atoms with Crippen molar-refractivity contribution < 1.29 is 14.6 Å². The first kappa shape index (κ1) is 13.2. The molecule has 1 aromatic rings. The van der Waals surface area contributed by atoms with E-state index in [4.69, 9.17) is 15.1 Å². The van der Waals surface area contributed by atoms with Crippen LogP contribution in [0.15, 0.2) is 24.3 Å². The van der Waals surface area contributed by atoms with Crippen LogP contribution >= 0.6 is 0 Å². The van der Waals surface area contributed by atoms with Crippen molar-refractivity contribution in [3.8, 4) is 6.07 Å². The summed E-state index contributed by atoms with van der Waals surface area (Å²) >= 11 is 0. The van der Waals surface area contributed by atoms with E-state index in [-0.39, 0.29) is 6.61 Å². The van der Waals surface area contributed by atoms with Gasteiger partial charge in [0.25, 0.3) is 0 Å². The van der Waals surface area contributed by atoms with Crippen LogP contribution in [0.3, 0.4) is 0 Å². The van der Waals surface area contributed by atoms with E-state index in [1.165, 1.54) is 6.07 Å². The Kier molecular flexibility index (Phi) is 5.76. The lowest BCUT2D eigenvalue weighted by Gasteiger charge is -2.04. The highest BCUT2D eigenvalue weighted by atomic mass is 16.5. The predicted octanol–water partition coefficient (Wildman–Crippen LogP) is 1.88. The van der Waals surface area contributed by atoms with Gasteiger partial charge in [-0.15, -0.1) is 0 Å². The molecule has 90 valence electrons. The minimum absolute atomic E-state index is 0.165. The third-order valence-corrected chi connectivity index (χ3v) is 2.26. The van der Waals surface area contributed by atoms with Gasteiger partial charge in [-0.05, 0) is 37.5 Å². The van der Waals surface area contributed by atoms with Crippen molar-refractivity contribution in [3.63, 3.8) is 0 Å². The molecular formula is C13H15NO3. The Hall–Kier alpha value is -1.86. The van der Waals surface area contributed by atoms with Gasteiger partial charge in [-0.1, -0.05) is 6.07 Å². The number of nitriles is 1. The molecule has 1 N–H and O–H groups in total. The molecule has 0 saturated heterocycles. The molecule has 4 nitrogen and oxygen atoms in total. The lowest BCUT2D eigenvalue weighted by atomic mass is 10.1. The summed E-state index contributed by atoms with van der Waals surface area (Å²) in [5.74, 6) is -0.411. The summed E-state index contributed by atoms with van der Waals surface area (Å²) in [5, 5.41) is 17.3. The van der Waals surface area contributed by atoms with E-state index >= 15 is 0 Å². The lowest BCUT2D eigenvalue weighted by molar-refractivity contribution is 0.0496. The molecule has 0 aliphatic carbocycles. The number of carbonyl (C=O) groups is 1. The number of aliphatic hydroxyl groups is 1. The van der Waals surface area contributed by atoms with Gasteiger partial charge in [0.15, 0.2) is 0 Å². The molecule has 0 fully saturated rings. The van der Waals surface area contributed by atoms with Crippen molar-refractivity contribution in [2.45, 2.75) is 19.3 Å². The molecule has 4 heteroatoms. The Labute approximate surface area is 100 Å². The molecule has 0 heterocycles. The molecule has 0 aliphatic heterocycles. The van der Waals surface area contributed by atoms with Crippen molar-refractivity contribution >= 4 is 5.97 Å². The topological polar surface area (TPSA) is 70.3 Å². The van der Waals surface area contributed by atoms with Gasteiger partial charge in [-0.25, -0.2) is 4.79 Å². The second kappa shape index (κ2) is 7.42. The van der Waals surface area contributed by atoms with Crippen molar-refractivity contribution in [1.82, 2.24) is 0 Å². The van der Waals surface area contributed by atoms with Crippen LogP contribution in [0, 0.1) is 11.3 Å². The van der Waals surface area contributed by atoms with Crippen LogP contribution in [0.4, 0.5) is 0 Å². The Balaban J connectivity index is 2.39. The largest absolute Gasteiger partial charge is 0.462 e. The van der Waals surface area contributed by atoms with Crippen molar-refractivity contribution in [1.29, 1.82) is 5.26 Å². The molecule has 0 saturated carbocycles. The molecule has 0 aliphatic rings. The van der Waals surface area contributed by atoms with Gasteiger partial charge in [-0.2, -0.15) is 5.26 Å². The molecule has 1 rings (SSSR count). The standard InChI is InChI=1S/C13H15NO3/c14-10-11-5-4-6-12(9-11)13(16)17-8-3-1-2-7-15/h4-6,9,15H,1-3,7-8H2. The molecule has 0 bridgehead atoms. The zero-order chi connectivity index (χ0) is 12.5. The van der Waals surface area contributed by atoms with Gasteiger partial charge in [-0.3, -0.25) is 0 Å². The van der Waals surface area contributed by atoms with Crippen LogP contribution in [0.2, 0.25) is 0 Å². The monoisotopic (exact) mass is 233 g/mol. The SMILES string of the molecule is N#Cc1cccc(C(=O)OCCCCCO)c1. The summed E-state index contributed by atoms with van der Waals surface area (Å²) < 4.78 is 5.04. The maximum atomic E-state index is 11.6. The number of nitrogens with zero attached hydrogens (tertiary/aromatic N) is 1. The summed E-state index contributed by atoms with van der Waals surface area (Å²) in [6.45, 7) is 0.508. The Morgan fingerprint density at radius 2 is 2.18 bits per heavy atom. The van der Waals surface area contributed by atoms with Gasteiger partial charge >= 0.3 is 5.97 Å². The van der Waals surface area contributed by atoms with Crippen LogP contribution in [-0.2, 0) is 4.74 Å². The summed E-state index contributed by atoms with van der Waals surface area (Å²) in [4.78, 5) is 11.6. The highest BCUT2D eigenvalue weighted by Crippen LogP contribution is 2.06. The minimum Gasteiger partial charge on any atom is -0.462 e. The van der Waals surface area contributed by atoms with Crippen LogP contribution in [-0.4, -0.2) is 24.3 Å². The fourth-order valence-electron chi connectivity index (χ4n) is 1.35. The third-order valence-electron chi connectivity index (χ3n) is 2.26. The molecule has 17 heavy (non-hydrogen) atoms. The van der Waals surface area contributed by atoms with E-state index in [1.54, 1.807) is 18.2 Å². The first-order chi connectivity index (χ1) is 8.27. The summed E-state index contributed by atoms with van der Waals surface area (Å²) in [6.07, 6.45) is 2.30. The van der Waals surface area contributed by atoms with Crippen LogP contribution in [0.1, 0.15) is 35.2 Å². The number of esters is 1. The van der Waals surface area contributed by atoms with E-state index in [2.05, 4.69) is 0 Å². The lowest BCUT2D eigenvalue weighted by Crippen LogP contribution is -2.06. The number of rotatable bonds is 6. The van der Waals surface area contributed by atoms with Crippen LogP contribution in [0.25, 0.3) is 0 Å². The van der Waals surface area contributed by atoms with Gasteiger partial charge in [0.1, 0.15) is 0 Å². The second-order valence-electron chi connectivity index (χ2n) is 3.61. The second-order valence-corrected chi connectivity index (χ2v) is 3.61. The average Bonchev–Trinajstić information content (AvgIpc) is 2.38. The van der Waals surface area contributed by atoms with E-state index in [1.807, 2.05) is 6.07 Å². The summed E-state index contributed by atoms with van der Waals surface area (Å²) in [6, 6.07) is 8.39. The zero-order valence-electron chi connectivity index (χ0n) is 9.56. The van der Waals surface area contributed by atoms with E-state index in [0.717, 1.165) is 19.3 Å². The van der Waals surface area contributed by atoms with Crippen molar-refractivity contribution in [2.24, 2.45) is 0 Å². The number of hydrogen-bond acceptors (Lipinski definition) is 4. The maximum absolute atomic E-state index is 11.6. The molecule has 0 unspecified atom stereocenters. The van der Waals surface area contributed by atoms with Gasteiger partial charge in [0.05, 0.1) is 23.8 Å². The number of benzene rings is 1. The Morgan fingerprint density at radius 3 is 2.88 bits per heavy atom. The highest BCUT2D eigenvalue weighted by Gasteiger charge is 2.07.